The topological polar surface area (TPSA) is 101 Å². The molecule has 2 N–H and O–H groups in total. The van der Waals surface area contributed by atoms with Crippen molar-refractivity contribution >= 4 is 33.3 Å². The molecule has 1 rings (SSSR count). The summed E-state index contributed by atoms with van der Waals surface area (Å²) in [6, 6.07) is 2.11. The van der Waals surface area contributed by atoms with Gasteiger partial charge in [-0.1, -0.05) is 17.7 Å². The maximum absolute atomic E-state index is 13.6. The quantitative estimate of drug-likeness (QED) is 0.806. The minimum Gasteiger partial charge on any atom is -0.480 e. The molecule has 21 heavy (non-hydrogen) atoms. The lowest BCUT2D eigenvalue weighted by molar-refractivity contribution is -0.140. The summed E-state index contributed by atoms with van der Waals surface area (Å²) in [5, 5.41) is 10.8. The monoisotopic (exact) mass is 337 g/mol. The molecule has 6 nitrogen and oxygen atoms in total. The second-order valence-corrected chi connectivity index (χ2v) is 6.86. The number of nitrogens with one attached hydrogen (secondary N) is 1. The van der Waals surface area contributed by atoms with E-state index in [1.54, 1.807) is 0 Å². The van der Waals surface area contributed by atoms with Crippen LogP contribution in [0.3, 0.4) is 0 Å². The van der Waals surface area contributed by atoms with Gasteiger partial charge in [-0.05, 0) is 12.1 Å². The van der Waals surface area contributed by atoms with Gasteiger partial charge in [0.05, 0.1) is 11.5 Å². The lowest BCUT2D eigenvalue weighted by Crippen LogP contribution is -2.44. The van der Waals surface area contributed by atoms with Crippen LogP contribution in [0, 0.1) is 5.82 Å². The zero-order chi connectivity index (χ0) is 16.2. The van der Waals surface area contributed by atoms with E-state index >= 15 is 0 Å². The van der Waals surface area contributed by atoms with E-state index in [9.17, 15) is 22.4 Å². The number of carboxylic acid groups (broad SMARTS) is 1. The molecular formula is C12H13ClFNO5S. The number of hydrogen-bond donors (Lipinski definition) is 2. The van der Waals surface area contributed by atoms with Crippen LogP contribution in [0.1, 0.15) is 12.5 Å². The summed E-state index contributed by atoms with van der Waals surface area (Å²) in [6.07, 6.45) is 0. The number of carboxylic acids is 1. The SMILES string of the molecule is CC(=O)N[C@@H](CS(=O)(=O)Cc1c(F)cccc1Cl)C(=O)O. The molecule has 0 spiro atoms. The van der Waals surface area contributed by atoms with Crippen LogP contribution in [0.15, 0.2) is 18.2 Å². The van der Waals surface area contributed by atoms with Crippen LogP contribution in [0.2, 0.25) is 5.02 Å². The molecule has 1 amide bonds. The van der Waals surface area contributed by atoms with E-state index in [-0.39, 0.29) is 10.6 Å². The Labute approximate surface area is 125 Å². The molecule has 0 aliphatic carbocycles. The Morgan fingerprint density at radius 2 is 2.05 bits per heavy atom. The van der Waals surface area contributed by atoms with E-state index in [1.165, 1.54) is 12.1 Å². The first-order valence-electron chi connectivity index (χ1n) is 5.75. The number of halogens is 2. The second-order valence-electron chi connectivity index (χ2n) is 4.35. The third-order valence-corrected chi connectivity index (χ3v) is 4.45. The third kappa shape index (κ3) is 5.31. The highest BCUT2D eigenvalue weighted by Gasteiger charge is 2.27. The minimum absolute atomic E-state index is 0.0648. The maximum Gasteiger partial charge on any atom is 0.327 e. The standard InChI is InChI=1S/C12H13ClFNO5S/c1-7(16)15-11(12(17)18)6-21(19,20)5-8-9(13)3-2-4-10(8)14/h2-4,11H,5-6H2,1H3,(H,15,16)(H,17,18)/t11-/m0/s1. The van der Waals surface area contributed by atoms with Gasteiger partial charge in [-0.2, -0.15) is 0 Å². The number of carbonyl (C=O) groups is 2. The Hall–Kier alpha value is -1.67. The van der Waals surface area contributed by atoms with Gasteiger partial charge in [-0.3, -0.25) is 4.79 Å². The van der Waals surface area contributed by atoms with Gasteiger partial charge in [0.25, 0.3) is 0 Å². The average molecular weight is 338 g/mol. The predicted molar refractivity (Wildman–Crippen MR) is 74.1 cm³/mol. The summed E-state index contributed by atoms with van der Waals surface area (Å²) in [7, 11) is -3.99. The van der Waals surface area contributed by atoms with Crippen LogP contribution < -0.4 is 5.32 Å². The Bertz CT molecular complexity index is 641. The molecule has 9 heteroatoms. The molecule has 0 fully saturated rings. The van der Waals surface area contributed by atoms with Crippen LogP contribution in [0.25, 0.3) is 0 Å². The maximum atomic E-state index is 13.6. The molecule has 0 radical (unpaired) electrons. The molecule has 1 atom stereocenters. The molecule has 1 aromatic rings. The molecule has 0 saturated carbocycles. The fourth-order valence-electron chi connectivity index (χ4n) is 1.62. The van der Waals surface area contributed by atoms with Crippen molar-refractivity contribution in [3.05, 3.63) is 34.6 Å². The van der Waals surface area contributed by atoms with Crippen LogP contribution >= 0.6 is 11.6 Å². The summed E-state index contributed by atoms with van der Waals surface area (Å²) in [4.78, 5) is 21.8. The summed E-state index contributed by atoms with van der Waals surface area (Å²) >= 11 is 5.73. The summed E-state index contributed by atoms with van der Waals surface area (Å²) in [5.41, 5.74) is -0.230. The van der Waals surface area contributed by atoms with Crippen molar-refractivity contribution < 1.29 is 27.5 Å². The number of rotatable bonds is 6. The van der Waals surface area contributed by atoms with Crippen molar-refractivity contribution in [3.8, 4) is 0 Å². The van der Waals surface area contributed by atoms with Gasteiger partial charge in [0.1, 0.15) is 11.9 Å². The Kier molecular flexibility index (Phi) is 5.68. The summed E-state index contributed by atoms with van der Waals surface area (Å²) in [6.45, 7) is 1.07. The van der Waals surface area contributed by atoms with Crippen LogP contribution in [0.4, 0.5) is 4.39 Å². The van der Waals surface area contributed by atoms with E-state index in [4.69, 9.17) is 16.7 Å². The average Bonchev–Trinajstić information content (AvgIpc) is 2.32. The second kappa shape index (κ2) is 6.86. The number of carbonyl (C=O) groups excluding carboxylic acids is 1. The highest BCUT2D eigenvalue weighted by atomic mass is 35.5. The number of hydrogen-bond acceptors (Lipinski definition) is 4. The van der Waals surface area contributed by atoms with E-state index < -0.39 is 45.1 Å². The Morgan fingerprint density at radius 3 is 2.52 bits per heavy atom. The first-order chi connectivity index (χ1) is 9.62. The molecular weight excluding hydrogens is 325 g/mol. The van der Waals surface area contributed by atoms with Gasteiger partial charge < -0.3 is 10.4 Å². The first kappa shape index (κ1) is 17.4. The number of amides is 1. The van der Waals surface area contributed by atoms with Crippen molar-refractivity contribution in [1.82, 2.24) is 5.32 Å². The van der Waals surface area contributed by atoms with Gasteiger partial charge in [-0.15, -0.1) is 0 Å². The first-order valence-corrected chi connectivity index (χ1v) is 7.95. The fraction of sp³-hybridized carbons (Fsp3) is 0.333. The zero-order valence-electron chi connectivity index (χ0n) is 11.0. The third-order valence-electron chi connectivity index (χ3n) is 2.52. The van der Waals surface area contributed by atoms with E-state index in [0.717, 1.165) is 13.0 Å². The molecule has 0 aromatic heterocycles. The van der Waals surface area contributed by atoms with Crippen LogP contribution in [0.5, 0.6) is 0 Å². The highest BCUT2D eigenvalue weighted by molar-refractivity contribution is 7.90. The van der Waals surface area contributed by atoms with Crippen molar-refractivity contribution in [2.24, 2.45) is 0 Å². The Balaban J connectivity index is 2.96. The lowest BCUT2D eigenvalue weighted by Gasteiger charge is -2.14. The molecule has 0 aliphatic heterocycles. The highest BCUT2D eigenvalue weighted by Crippen LogP contribution is 2.21. The summed E-state index contributed by atoms with van der Waals surface area (Å²) in [5.74, 6) is -4.57. The van der Waals surface area contributed by atoms with Gasteiger partial charge in [0, 0.05) is 17.5 Å². The van der Waals surface area contributed by atoms with Crippen molar-refractivity contribution in [2.45, 2.75) is 18.7 Å². The molecule has 0 saturated heterocycles. The predicted octanol–water partition coefficient (Wildman–Crippen LogP) is 0.983. The lowest BCUT2D eigenvalue weighted by atomic mass is 10.2. The van der Waals surface area contributed by atoms with Crippen LogP contribution in [-0.2, 0) is 25.2 Å². The molecule has 0 aliphatic rings. The molecule has 0 heterocycles. The van der Waals surface area contributed by atoms with Gasteiger partial charge in [0.15, 0.2) is 9.84 Å². The van der Waals surface area contributed by atoms with Gasteiger partial charge in [0.2, 0.25) is 5.91 Å². The number of sulfone groups is 1. The molecule has 116 valence electrons. The summed E-state index contributed by atoms with van der Waals surface area (Å²) < 4.78 is 37.5. The van der Waals surface area contributed by atoms with Crippen molar-refractivity contribution in [3.63, 3.8) is 0 Å². The molecule has 0 bridgehead atoms. The van der Waals surface area contributed by atoms with Gasteiger partial charge in [-0.25, -0.2) is 17.6 Å². The normalized spacial score (nSPS) is 12.7. The fourth-order valence-corrected chi connectivity index (χ4v) is 3.52. The van der Waals surface area contributed by atoms with Crippen molar-refractivity contribution in [1.29, 1.82) is 0 Å². The largest absolute Gasteiger partial charge is 0.480 e. The van der Waals surface area contributed by atoms with E-state index in [1.807, 2.05) is 5.32 Å². The Morgan fingerprint density at radius 1 is 1.43 bits per heavy atom. The number of aliphatic carboxylic acids is 1. The minimum atomic E-state index is -3.99. The smallest absolute Gasteiger partial charge is 0.327 e. The van der Waals surface area contributed by atoms with E-state index in [0.29, 0.717) is 0 Å². The van der Waals surface area contributed by atoms with Gasteiger partial charge >= 0.3 is 5.97 Å². The van der Waals surface area contributed by atoms with Crippen LogP contribution in [-0.4, -0.2) is 37.2 Å². The zero-order valence-corrected chi connectivity index (χ0v) is 12.5. The number of benzene rings is 1. The molecule has 0 unspecified atom stereocenters. The molecule has 1 aromatic carbocycles. The van der Waals surface area contributed by atoms with E-state index in [2.05, 4.69) is 0 Å². The van der Waals surface area contributed by atoms with Crippen molar-refractivity contribution in [2.75, 3.05) is 5.75 Å².